The van der Waals surface area contributed by atoms with Gasteiger partial charge in [-0.2, -0.15) is 12.6 Å². The first-order valence-corrected chi connectivity index (χ1v) is 19.1. The summed E-state index contributed by atoms with van der Waals surface area (Å²) >= 11 is 4.55. The summed E-state index contributed by atoms with van der Waals surface area (Å²) in [7, 11) is -2.80. The van der Waals surface area contributed by atoms with Crippen molar-refractivity contribution < 1.29 is 13.3 Å². The van der Waals surface area contributed by atoms with Gasteiger partial charge in [-0.25, -0.2) is 0 Å². The van der Waals surface area contributed by atoms with Crippen LogP contribution in [-0.4, -0.2) is 83.4 Å². The molecule has 0 aliphatic heterocycles. The molecule has 0 N–H and O–H groups in total. The van der Waals surface area contributed by atoms with Crippen molar-refractivity contribution in [3.63, 3.8) is 0 Å². The lowest BCUT2D eigenvalue weighted by molar-refractivity contribution is 0.0334. The van der Waals surface area contributed by atoms with Crippen molar-refractivity contribution in [2.75, 3.05) is 64.8 Å². The minimum Gasteiger partial charge on any atom is -0.373 e. The maximum atomic E-state index is 6.79. The van der Waals surface area contributed by atoms with Crippen LogP contribution in [0.5, 0.6) is 0 Å². The Morgan fingerprint density at radius 1 is 0.579 bits per heavy atom. The van der Waals surface area contributed by atoms with Crippen LogP contribution in [0.1, 0.15) is 125 Å². The van der Waals surface area contributed by atoms with Gasteiger partial charge in [-0.15, -0.1) is 0 Å². The molecule has 5 nitrogen and oxygen atoms in total. The van der Waals surface area contributed by atoms with Gasteiger partial charge in [0.05, 0.1) is 13.2 Å². The fraction of sp³-hybridized carbons (Fsp3) is 1.00. The third-order valence-corrected chi connectivity index (χ3v) is 10.7. The molecule has 0 rings (SSSR count). The van der Waals surface area contributed by atoms with Crippen molar-refractivity contribution in [2.24, 2.45) is 5.92 Å². The van der Waals surface area contributed by atoms with E-state index >= 15 is 0 Å². The Hall–Kier alpha value is 0.367. The number of unbranched alkanes of at least 4 members (excludes halogenated alkanes) is 5. The zero-order valence-electron chi connectivity index (χ0n) is 26.6. The zero-order chi connectivity index (χ0) is 28.3. The standard InChI is InChI=1S/C31H68N2O3SSi/c1-7-13-19-31(12-6)30-36-38(29-18-28-37,34-26-24-32(20-14-8-2)21-15-9-3)35-27-25-33(22-16-10-4)23-17-11-5/h31,37H,7-30H2,1-6H3. The van der Waals surface area contributed by atoms with Gasteiger partial charge in [0.15, 0.2) is 0 Å². The van der Waals surface area contributed by atoms with Crippen LogP contribution in [0.2, 0.25) is 6.04 Å². The van der Waals surface area contributed by atoms with Crippen molar-refractivity contribution in [1.82, 2.24) is 9.80 Å². The first-order valence-electron chi connectivity index (χ1n) is 16.5. The monoisotopic (exact) mass is 576 g/mol. The predicted molar refractivity (Wildman–Crippen MR) is 173 cm³/mol. The number of hydrogen-bond acceptors (Lipinski definition) is 6. The average molecular weight is 577 g/mol. The first kappa shape index (κ1) is 38.4. The molecule has 0 radical (unpaired) electrons. The molecule has 7 heteroatoms. The second-order valence-electron chi connectivity index (χ2n) is 11.0. The van der Waals surface area contributed by atoms with Crippen LogP contribution in [0, 0.1) is 5.92 Å². The molecule has 0 spiro atoms. The molecule has 1 atom stereocenters. The van der Waals surface area contributed by atoms with E-state index in [1.165, 1.54) is 70.6 Å². The largest absolute Gasteiger partial charge is 0.501 e. The summed E-state index contributed by atoms with van der Waals surface area (Å²) in [5.74, 6) is 1.43. The summed E-state index contributed by atoms with van der Waals surface area (Å²) in [4.78, 5) is 5.16. The van der Waals surface area contributed by atoms with Gasteiger partial charge < -0.3 is 23.1 Å². The zero-order valence-corrected chi connectivity index (χ0v) is 28.5. The normalized spacial score (nSPS) is 13.2. The van der Waals surface area contributed by atoms with E-state index in [9.17, 15) is 0 Å². The van der Waals surface area contributed by atoms with Gasteiger partial charge in [0.1, 0.15) is 0 Å². The van der Waals surface area contributed by atoms with E-state index in [1.807, 2.05) is 0 Å². The van der Waals surface area contributed by atoms with Gasteiger partial charge in [-0.05, 0) is 76.4 Å². The van der Waals surface area contributed by atoms with Crippen LogP contribution < -0.4 is 0 Å². The van der Waals surface area contributed by atoms with E-state index < -0.39 is 8.80 Å². The topological polar surface area (TPSA) is 34.2 Å². The van der Waals surface area contributed by atoms with E-state index in [-0.39, 0.29) is 0 Å². The molecule has 0 aromatic heterocycles. The Labute approximate surface area is 245 Å². The SMILES string of the molecule is CCCCC(CC)CO[Si](CCCS)(OCCN(CCCC)CCCC)OCCN(CCCC)CCCC. The Morgan fingerprint density at radius 3 is 1.39 bits per heavy atom. The number of hydrogen-bond donors (Lipinski definition) is 1. The van der Waals surface area contributed by atoms with Gasteiger partial charge in [0, 0.05) is 25.7 Å². The van der Waals surface area contributed by atoms with Crippen LogP contribution >= 0.6 is 12.6 Å². The summed E-state index contributed by atoms with van der Waals surface area (Å²) in [5.41, 5.74) is 0. The first-order chi connectivity index (χ1) is 18.5. The maximum Gasteiger partial charge on any atom is 0.501 e. The van der Waals surface area contributed by atoms with Gasteiger partial charge >= 0.3 is 8.80 Å². The highest BCUT2D eigenvalue weighted by Gasteiger charge is 2.41. The molecule has 0 aliphatic carbocycles. The van der Waals surface area contributed by atoms with Crippen LogP contribution in [-0.2, 0) is 13.3 Å². The van der Waals surface area contributed by atoms with Crippen molar-refractivity contribution in [1.29, 1.82) is 0 Å². The summed E-state index contributed by atoms with van der Waals surface area (Å²) in [6.45, 7) is 22.4. The highest BCUT2D eigenvalue weighted by molar-refractivity contribution is 7.80. The van der Waals surface area contributed by atoms with Crippen molar-refractivity contribution in [3.05, 3.63) is 0 Å². The fourth-order valence-corrected chi connectivity index (χ4v) is 7.68. The Bertz CT molecular complexity index is 448. The molecular weight excluding hydrogens is 509 g/mol. The second kappa shape index (κ2) is 27.5. The molecule has 0 bridgehead atoms. The van der Waals surface area contributed by atoms with Crippen LogP contribution in [0.15, 0.2) is 0 Å². The lowest BCUT2D eigenvalue weighted by Gasteiger charge is -2.33. The maximum absolute atomic E-state index is 6.79. The third-order valence-electron chi connectivity index (χ3n) is 7.49. The van der Waals surface area contributed by atoms with Crippen molar-refractivity contribution >= 4 is 21.4 Å². The third kappa shape index (κ3) is 20.3. The molecule has 0 aliphatic rings. The molecule has 0 aromatic rings. The molecule has 38 heavy (non-hydrogen) atoms. The van der Waals surface area contributed by atoms with Gasteiger partial charge in [0.25, 0.3) is 0 Å². The number of nitrogens with zero attached hydrogens (tertiary/aromatic N) is 2. The van der Waals surface area contributed by atoms with Crippen LogP contribution in [0.25, 0.3) is 0 Å². The summed E-state index contributed by atoms with van der Waals surface area (Å²) < 4.78 is 20.3. The molecule has 0 aromatic carbocycles. The van der Waals surface area contributed by atoms with Gasteiger partial charge in [-0.1, -0.05) is 86.5 Å². The minimum absolute atomic E-state index is 0.584. The summed E-state index contributed by atoms with van der Waals surface area (Å²) in [6, 6.07) is 0.870. The van der Waals surface area contributed by atoms with E-state index in [0.29, 0.717) is 19.1 Å². The summed E-state index contributed by atoms with van der Waals surface area (Å²) in [5, 5.41) is 0. The quantitative estimate of drug-likeness (QED) is 0.0687. The van der Waals surface area contributed by atoms with Gasteiger partial charge in [-0.3, -0.25) is 0 Å². The van der Waals surface area contributed by atoms with E-state index in [0.717, 1.165) is 70.5 Å². The van der Waals surface area contributed by atoms with Crippen LogP contribution in [0.4, 0.5) is 0 Å². The molecule has 230 valence electrons. The smallest absolute Gasteiger partial charge is 0.373 e. The summed E-state index contributed by atoms with van der Waals surface area (Å²) in [6.07, 6.45) is 15.8. The predicted octanol–water partition coefficient (Wildman–Crippen LogP) is 8.32. The average Bonchev–Trinajstić information content (AvgIpc) is 2.94. The van der Waals surface area contributed by atoms with Crippen LogP contribution in [0.3, 0.4) is 0 Å². The highest BCUT2D eigenvalue weighted by atomic mass is 32.1. The van der Waals surface area contributed by atoms with E-state index in [2.05, 4.69) is 64.0 Å². The fourth-order valence-electron chi connectivity index (χ4n) is 4.64. The minimum atomic E-state index is -2.80. The molecule has 0 heterocycles. The lowest BCUT2D eigenvalue weighted by Crippen LogP contribution is -2.49. The molecule has 0 saturated carbocycles. The highest BCUT2D eigenvalue weighted by Crippen LogP contribution is 2.23. The van der Waals surface area contributed by atoms with Crippen molar-refractivity contribution in [2.45, 2.75) is 131 Å². The molecule has 0 saturated heterocycles. The van der Waals surface area contributed by atoms with E-state index in [4.69, 9.17) is 13.3 Å². The lowest BCUT2D eigenvalue weighted by atomic mass is 10.0. The Kier molecular flexibility index (Phi) is 27.8. The molecule has 1 unspecified atom stereocenters. The molecular formula is C31H68N2O3SSi. The second-order valence-corrected chi connectivity index (χ2v) is 14.2. The van der Waals surface area contributed by atoms with E-state index in [1.54, 1.807) is 0 Å². The molecule has 0 amide bonds. The van der Waals surface area contributed by atoms with Gasteiger partial charge in [0.2, 0.25) is 0 Å². The Morgan fingerprint density at radius 2 is 1.03 bits per heavy atom. The molecule has 0 fully saturated rings. The number of rotatable bonds is 30. The Balaban J connectivity index is 5.44. The van der Waals surface area contributed by atoms with Crippen molar-refractivity contribution in [3.8, 4) is 0 Å². The number of thiol groups is 1.